The number of thiazole rings is 2. The third kappa shape index (κ3) is 5.89. The average molecular weight is 439 g/mol. The molecule has 0 N–H and O–H groups in total. The molecule has 30 heavy (non-hydrogen) atoms. The van der Waals surface area contributed by atoms with Gasteiger partial charge in [0.05, 0.1) is 0 Å². The molecule has 0 atom stereocenters. The SMILES string of the molecule is c1ccc2c(c1)sc[n+]2CCCCCCCCCCCC[n+]1csc2ccccc21. The number of nitrogens with zero attached hydrogens (tertiary/aromatic N) is 2. The molecule has 0 saturated carbocycles. The van der Waals surface area contributed by atoms with Crippen molar-refractivity contribution in [2.45, 2.75) is 77.3 Å². The van der Waals surface area contributed by atoms with Crippen molar-refractivity contribution in [1.29, 1.82) is 0 Å². The van der Waals surface area contributed by atoms with E-state index in [2.05, 4.69) is 68.7 Å². The molecule has 0 bridgehead atoms. The highest BCUT2D eigenvalue weighted by molar-refractivity contribution is 7.16. The highest BCUT2D eigenvalue weighted by atomic mass is 32.1. The zero-order valence-electron chi connectivity index (χ0n) is 18.0. The smallest absolute Gasteiger partial charge is 0.188 e. The number of hydrogen-bond donors (Lipinski definition) is 0. The summed E-state index contributed by atoms with van der Waals surface area (Å²) in [6.45, 7) is 2.34. The fourth-order valence-corrected chi connectivity index (χ4v) is 6.11. The molecule has 4 aromatic rings. The molecule has 0 amide bonds. The highest BCUT2D eigenvalue weighted by Gasteiger charge is 2.10. The normalized spacial score (nSPS) is 11.6. The fraction of sp³-hybridized carbons (Fsp3) is 0.462. The Kier molecular flexibility index (Phi) is 8.27. The van der Waals surface area contributed by atoms with E-state index < -0.39 is 0 Å². The third-order valence-electron chi connectivity index (χ3n) is 6.01. The molecule has 0 unspecified atom stereocenters. The maximum atomic E-state index is 2.43. The van der Waals surface area contributed by atoms with Crippen LogP contribution in [0.15, 0.2) is 59.6 Å². The van der Waals surface area contributed by atoms with Crippen LogP contribution >= 0.6 is 22.7 Å². The molecular formula is C26H34N2S2+2. The molecule has 2 heterocycles. The molecule has 4 heteroatoms. The molecule has 158 valence electrons. The van der Waals surface area contributed by atoms with E-state index in [1.54, 1.807) is 0 Å². The van der Waals surface area contributed by atoms with Gasteiger partial charge in [0.25, 0.3) is 0 Å². The van der Waals surface area contributed by atoms with Gasteiger partial charge >= 0.3 is 0 Å². The maximum Gasteiger partial charge on any atom is 0.225 e. The van der Waals surface area contributed by atoms with Gasteiger partial charge in [-0.3, -0.25) is 0 Å². The second-order valence-corrected chi connectivity index (χ2v) is 10.1. The summed E-state index contributed by atoms with van der Waals surface area (Å²) >= 11 is 3.72. The molecule has 0 aliphatic rings. The Balaban J connectivity index is 0.990. The summed E-state index contributed by atoms with van der Waals surface area (Å²) in [6, 6.07) is 17.5. The summed E-state index contributed by atoms with van der Waals surface area (Å²) in [5, 5.41) is 0. The topological polar surface area (TPSA) is 7.76 Å². The Labute approximate surface area is 188 Å². The number of rotatable bonds is 13. The maximum absolute atomic E-state index is 2.43. The van der Waals surface area contributed by atoms with Crippen molar-refractivity contribution in [1.82, 2.24) is 0 Å². The van der Waals surface area contributed by atoms with Crippen molar-refractivity contribution >= 4 is 43.1 Å². The van der Waals surface area contributed by atoms with Crippen LogP contribution in [0.25, 0.3) is 20.4 Å². The Morgan fingerprint density at radius 3 is 1.27 bits per heavy atom. The highest BCUT2D eigenvalue weighted by Crippen LogP contribution is 2.17. The average Bonchev–Trinajstić information content (AvgIpc) is 3.39. The summed E-state index contributed by atoms with van der Waals surface area (Å²) in [5.74, 6) is 0. The van der Waals surface area contributed by atoms with Gasteiger partial charge in [-0.15, -0.1) is 0 Å². The van der Waals surface area contributed by atoms with Gasteiger partial charge in [0, 0.05) is 25.0 Å². The van der Waals surface area contributed by atoms with E-state index >= 15 is 0 Å². The van der Waals surface area contributed by atoms with Crippen LogP contribution in [0.3, 0.4) is 0 Å². The minimum absolute atomic E-state index is 1.17. The van der Waals surface area contributed by atoms with Gasteiger partial charge in [-0.2, -0.15) is 9.13 Å². The summed E-state index contributed by atoms with van der Waals surface area (Å²) in [7, 11) is 0. The van der Waals surface area contributed by atoms with Gasteiger partial charge in [0.2, 0.25) is 22.1 Å². The van der Waals surface area contributed by atoms with Crippen LogP contribution in [0.2, 0.25) is 0 Å². The van der Waals surface area contributed by atoms with Crippen LogP contribution in [0.1, 0.15) is 64.2 Å². The molecule has 0 radical (unpaired) electrons. The first-order valence-corrected chi connectivity index (χ1v) is 13.4. The van der Waals surface area contributed by atoms with Crippen molar-refractivity contribution in [2.75, 3.05) is 0 Å². The molecule has 2 aromatic heterocycles. The van der Waals surface area contributed by atoms with Crippen molar-refractivity contribution in [3.63, 3.8) is 0 Å². The monoisotopic (exact) mass is 438 g/mol. The number of hydrogen-bond acceptors (Lipinski definition) is 2. The standard InChI is InChI=1S/C26H34N2S2/c1(3-5-7-13-19-27-21-29-25-17-11-9-15-23(25)27)2-4-6-8-14-20-28-22-30-26-18-12-10-16-24(26)28/h9-12,15-18,21-22H,1-8,13-14,19-20H2/q+2. The van der Waals surface area contributed by atoms with E-state index in [0.29, 0.717) is 0 Å². The number of unbranched alkanes of at least 4 members (excludes halogenated alkanes) is 9. The van der Waals surface area contributed by atoms with E-state index in [1.165, 1.54) is 97.7 Å². The molecule has 2 nitrogen and oxygen atoms in total. The first-order valence-electron chi connectivity index (χ1n) is 11.6. The van der Waals surface area contributed by atoms with Gasteiger partial charge < -0.3 is 0 Å². The molecule has 0 saturated heterocycles. The number of para-hydroxylation sites is 2. The van der Waals surface area contributed by atoms with E-state index in [1.807, 2.05) is 22.7 Å². The zero-order chi connectivity index (χ0) is 20.4. The summed E-state index contributed by atoms with van der Waals surface area (Å²) in [4.78, 5) is 0. The first-order chi connectivity index (χ1) is 14.9. The van der Waals surface area contributed by atoms with E-state index in [-0.39, 0.29) is 0 Å². The number of fused-ring (bicyclic) bond motifs is 2. The van der Waals surface area contributed by atoms with E-state index in [9.17, 15) is 0 Å². The van der Waals surface area contributed by atoms with Gasteiger partial charge in [0.1, 0.15) is 22.5 Å². The third-order valence-corrected chi connectivity index (χ3v) is 7.93. The zero-order valence-corrected chi connectivity index (χ0v) is 19.6. The van der Waals surface area contributed by atoms with Gasteiger partial charge in [-0.25, -0.2) is 0 Å². The predicted octanol–water partition coefficient (Wildman–Crippen LogP) is 7.29. The lowest BCUT2D eigenvalue weighted by atomic mass is 10.1. The number of aromatic nitrogens is 2. The van der Waals surface area contributed by atoms with Gasteiger partial charge in [0.15, 0.2) is 0 Å². The number of aryl methyl sites for hydroxylation is 2. The Bertz CT molecular complexity index is 950. The van der Waals surface area contributed by atoms with Gasteiger partial charge in [-0.05, 0) is 25.0 Å². The lowest BCUT2D eigenvalue weighted by molar-refractivity contribution is -0.667. The summed E-state index contributed by atoms with van der Waals surface area (Å²) in [6.07, 6.45) is 13.8. The second kappa shape index (κ2) is 11.6. The minimum Gasteiger partial charge on any atom is -0.188 e. The molecule has 0 spiro atoms. The Hall–Kier alpha value is -1.78. The molecular weight excluding hydrogens is 404 g/mol. The van der Waals surface area contributed by atoms with Crippen molar-refractivity contribution < 1.29 is 9.13 Å². The molecule has 4 rings (SSSR count). The Morgan fingerprint density at radius 1 is 0.467 bits per heavy atom. The molecule has 0 aliphatic heterocycles. The summed E-state index contributed by atoms with van der Waals surface area (Å²) < 4.78 is 7.66. The largest absolute Gasteiger partial charge is 0.225 e. The quantitative estimate of drug-likeness (QED) is 0.153. The van der Waals surface area contributed by atoms with Crippen LogP contribution in [-0.2, 0) is 13.1 Å². The van der Waals surface area contributed by atoms with Crippen LogP contribution in [-0.4, -0.2) is 0 Å². The van der Waals surface area contributed by atoms with Crippen LogP contribution in [0.5, 0.6) is 0 Å². The van der Waals surface area contributed by atoms with Crippen molar-refractivity contribution in [2.24, 2.45) is 0 Å². The van der Waals surface area contributed by atoms with E-state index in [4.69, 9.17) is 0 Å². The lowest BCUT2D eigenvalue weighted by Gasteiger charge is -2.02. The minimum atomic E-state index is 1.17. The predicted molar refractivity (Wildman–Crippen MR) is 130 cm³/mol. The van der Waals surface area contributed by atoms with Crippen LogP contribution < -0.4 is 9.13 Å². The summed E-state index contributed by atoms with van der Waals surface area (Å²) in [5.41, 5.74) is 7.36. The first kappa shape index (κ1) is 21.5. The van der Waals surface area contributed by atoms with Crippen molar-refractivity contribution in [3.8, 4) is 0 Å². The molecule has 0 aliphatic carbocycles. The fourth-order valence-electron chi connectivity index (χ4n) is 4.27. The van der Waals surface area contributed by atoms with Crippen molar-refractivity contribution in [3.05, 3.63) is 59.6 Å². The van der Waals surface area contributed by atoms with Crippen LogP contribution in [0.4, 0.5) is 0 Å². The molecule has 0 fully saturated rings. The molecule has 2 aromatic carbocycles. The van der Waals surface area contributed by atoms with Crippen LogP contribution in [0, 0.1) is 0 Å². The van der Waals surface area contributed by atoms with E-state index in [0.717, 1.165) is 0 Å². The second-order valence-electron chi connectivity index (χ2n) is 8.30. The van der Waals surface area contributed by atoms with Gasteiger partial charge in [-0.1, -0.05) is 85.5 Å². The Morgan fingerprint density at radius 2 is 0.833 bits per heavy atom. The number of benzene rings is 2. The lowest BCUT2D eigenvalue weighted by Crippen LogP contribution is -2.31.